The van der Waals surface area contributed by atoms with E-state index in [4.69, 9.17) is 5.73 Å². The van der Waals surface area contributed by atoms with Crippen molar-refractivity contribution in [2.75, 3.05) is 11.9 Å². The molecule has 5 nitrogen and oxygen atoms in total. The molecule has 6 heteroatoms. The molecule has 1 heterocycles. The van der Waals surface area contributed by atoms with Gasteiger partial charge in [-0.15, -0.1) is 0 Å². The van der Waals surface area contributed by atoms with E-state index in [1.54, 1.807) is 0 Å². The summed E-state index contributed by atoms with van der Waals surface area (Å²) in [6, 6.07) is 5.71. The molecular formula is C13H16N4OSe. The van der Waals surface area contributed by atoms with Gasteiger partial charge in [0.1, 0.15) is 0 Å². The van der Waals surface area contributed by atoms with Gasteiger partial charge in [0, 0.05) is 0 Å². The second-order valence-electron chi connectivity index (χ2n) is 5.08. The molecule has 3 N–H and O–H groups in total. The molecule has 2 aliphatic rings. The summed E-state index contributed by atoms with van der Waals surface area (Å²) >= 11 is -0.0813. The van der Waals surface area contributed by atoms with Gasteiger partial charge in [-0.2, -0.15) is 0 Å². The van der Waals surface area contributed by atoms with Crippen molar-refractivity contribution < 1.29 is 4.79 Å². The molecule has 1 fully saturated rings. The minimum atomic E-state index is -0.385. The molecule has 1 aromatic carbocycles. The molecule has 0 atom stereocenters. The molecule has 1 aliphatic carbocycles. The molecule has 3 rings (SSSR count). The number of benzene rings is 1. The van der Waals surface area contributed by atoms with Crippen LogP contribution in [0.4, 0.5) is 17.1 Å². The Kier molecular flexibility index (Phi) is 3.39. The van der Waals surface area contributed by atoms with E-state index in [-0.39, 0.29) is 25.9 Å². The fraction of sp³-hybridized carbons (Fsp3) is 0.462. The zero-order valence-corrected chi connectivity index (χ0v) is 12.3. The van der Waals surface area contributed by atoms with Gasteiger partial charge in [-0.05, 0) is 0 Å². The molecular weight excluding hydrogens is 307 g/mol. The normalized spacial score (nSPS) is 19.0. The standard InChI is InChI=1S/C13H16N4OSe/c14-8-13(6-1-2-7-13)12(18)15-9-4-3-5-10-11(9)17-19-16-10/h3-5H,1-2,6-8,14H2,(H,15,18). The number of carbonyl (C=O) groups excluding carboxylic acids is 1. The average molecular weight is 323 g/mol. The van der Waals surface area contributed by atoms with E-state index >= 15 is 0 Å². The van der Waals surface area contributed by atoms with Gasteiger partial charge in [0.05, 0.1) is 0 Å². The molecule has 1 saturated carbocycles. The molecule has 0 aromatic heterocycles. The van der Waals surface area contributed by atoms with Crippen molar-refractivity contribution in [3.05, 3.63) is 18.2 Å². The Morgan fingerprint density at radius 2 is 2.16 bits per heavy atom. The predicted octanol–water partition coefficient (Wildman–Crippen LogP) is 2.49. The van der Waals surface area contributed by atoms with Crippen LogP contribution in [-0.2, 0) is 4.79 Å². The molecule has 1 amide bonds. The summed E-state index contributed by atoms with van der Waals surface area (Å²) < 4.78 is 8.70. The first-order chi connectivity index (χ1) is 9.25. The molecule has 0 saturated heterocycles. The number of nitrogens with one attached hydrogen (secondary N) is 1. The van der Waals surface area contributed by atoms with E-state index in [2.05, 4.69) is 13.2 Å². The van der Waals surface area contributed by atoms with Crippen molar-refractivity contribution in [3.63, 3.8) is 0 Å². The zero-order chi connectivity index (χ0) is 13.3. The number of carbonyl (C=O) groups is 1. The van der Waals surface area contributed by atoms with Gasteiger partial charge in [-0.3, -0.25) is 0 Å². The summed E-state index contributed by atoms with van der Waals surface area (Å²) in [7, 11) is 0. The third-order valence-corrected chi connectivity index (χ3v) is 5.11. The van der Waals surface area contributed by atoms with Gasteiger partial charge >= 0.3 is 117 Å². The second-order valence-corrected chi connectivity index (χ2v) is 6.19. The van der Waals surface area contributed by atoms with Crippen LogP contribution >= 0.6 is 0 Å². The van der Waals surface area contributed by atoms with Crippen LogP contribution in [0.3, 0.4) is 0 Å². The molecule has 0 radical (unpaired) electrons. The predicted molar refractivity (Wildman–Crippen MR) is 75.0 cm³/mol. The van der Waals surface area contributed by atoms with Crippen LogP contribution in [0.5, 0.6) is 0 Å². The molecule has 0 spiro atoms. The Hall–Kier alpha value is -1.23. The number of amides is 1. The van der Waals surface area contributed by atoms with Crippen LogP contribution in [0, 0.1) is 5.41 Å². The summed E-state index contributed by atoms with van der Waals surface area (Å²) in [6.07, 6.45) is 3.94. The summed E-state index contributed by atoms with van der Waals surface area (Å²) in [6.45, 7) is 0.416. The number of hydrogen-bond acceptors (Lipinski definition) is 4. The summed E-state index contributed by atoms with van der Waals surface area (Å²) in [5.74, 6) is 0.0375. The van der Waals surface area contributed by atoms with Crippen molar-refractivity contribution >= 4 is 37.5 Å². The van der Waals surface area contributed by atoms with Crippen molar-refractivity contribution in [1.82, 2.24) is 0 Å². The van der Waals surface area contributed by atoms with Crippen LogP contribution in [0.2, 0.25) is 0 Å². The fourth-order valence-corrected chi connectivity index (χ4v) is 3.89. The molecule has 1 aromatic rings. The van der Waals surface area contributed by atoms with E-state index in [1.807, 2.05) is 18.2 Å². The Bertz CT molecular complexity index is 586. The minimum absolute atomic E-state index is 0.0375. The molecule has 100 valence electrons. The third-order valence-electron chi connectivity index (χ3n) is 3.97. The number of anilines is 1. The van der Waals surface area contributed by atoms with Crippen LogP contribution in [-0.4, -0.2) is 27.0 Å². The first kappa shape index (κ1) is 12.8. The molecule has 19 heavy (non-hydrogen) atoms. The first-order valence-electron chi connectivity index (χ1n) is 6.48. The Labute approximate surface area is 117 Å². The summed E-state index contributed by atoms with van der Waals surface area (Å²) in [5, 5.41) is 3.01. The number of hydrogen-bond donors (Lipinski definition) is 2. The summed E-state index contributed by atoms with van der Waals surface area (Å²) in [4.78, 5) is 12.5. The van der Waals surface area contributed by atoms with Crippen molar-refractivity contribution in [3.8, 4) is 0 Å². The fourth-order valence-electron chi connectivity index (χ4n) is 2.74. The Morgan fingerprint density at radius 1 is 1.37 bits per heavy atom. The van der Waals surface area contributed by atoms with Crippen LogP contribution in [0.25, 0.3) is 0 Å². The molecule has 0 unspecified atom stereocenters. The van der Waals surface area contributed by atoms with Crippen LogP contribution in [0.1, 0.15) is 25.7 Å². The maximum absolute atomic E-state index is 12.5. The third kappa shape index (κ3) is 2.20. The monoisotopic (exact) mass is 324 g/mol. The van der Waals surface area contributed by atoms with Gasteiger partial charge in [-0.1, -0.05) is 0 Å². The summed E-state index contributed by atoms with van der Waals surface area (Å²) in [5.41, 5.74) is 7.92. The quantitative estimate of drug-likeness (QED) is 0.851. The second kappa shape index (κ2) is 5.04. The van der Waals surface area contributed by atoms with Crippen LogP contribution in [0.15, 0.2) is 26.1 Å². The average Bonchev–Trinajstić information content (AvgIpc) is 3.08. The van der Waals surface area contributed by atoms with E-state index in [0.717, 1.165) is 42.7 Å². The van der Waals surface area contributed by atoms with Gasteiger partial charge in [0.2, 0.25) is 0 Å². The first-order valence-corrected chi connectivity index (χ1v) is 8.01. The Morgan fingerprint density at radius 3 is 2.89 bits per heavy atom. The topological polar surface area (TPSA) is 79.8 Å². The van der Waals surface area contributed by atoms with Gasteiger partial charge in [0.25, 0.3) is 0 Å². The SMILES string of the molecule is NCC1(C(=O)Nc2cccc3c2N=[Se]=N3)CCCC1. The number of nitrogens with two attached hydrogens (primary N) is 1. The van der Waals surface area contributed by atoms with E-state index in [1.165, 1.54) is 0 Å². The van der Waals surface area contributed by atoms with Crippen molar-refractivity contribution in [1.29, 1.82) is 0 Å². The van der Waals surface area contributed by atoms with E-state index in [9.17, 15) is 4.79 Å². The molecule has 0 bridgehead atoms. The van der Waals surface area contributed by atoms with Crippen molar-refractivity contribution in [2.45, 2.75) is 25.7 Å². The number of rotatable bonds is 3. The maximum atomic E-state index is 12.5. The van der Waals surface area contributed by atoms with Gasteiger partial charge in [0.15, 0.2) is 0 Å². The number of nitrogens with zero attached hydrogens (tertiary/aromatic N) is 2. The van der Waals surface area contributed by atoms with Crippen molar-refractivity contribution in [2.24, 2.45) is 19.1 Å². The molecule has 1 aliphatic heterocycles. The Balaban J connectivity index is 1.84. The van der Waals surface area contributed by atoms with Gasteiger partial charge in [-0.25, -0.2) is 0 Å². The van der Waals surface area contributed by atoms with E-state index in [0.29, 0.717) is 6.54 Å². The zero-order valence-electron chi connectivity index (χ0n) is 10.6. The number of fused-ring (bicyclic) bond motifs is 1. The van der Waals surface area contributed by atoms with E-state index < -0.39 is 0 Å². The van der Waals surface area contributed by atoms with Gasteiger partial charge < -0.3 is 0 Å². The van der Waals surface area contributed by atoms with Crippen LogP contribution < -0.4 is 11.1 Å².